The number of rotatable bonds is 2. The molecule has 0 saturated heterocycles. The molecule has 1 heterocycles. The van der Waals surface area contributed by atoms with Gasteiger partial charge in [-0.3, -0.25) is 0 Å². The molecule has 100 valence electrons. The molecule has 0 bridgehead atoms. The fraction of sp³-hybridized carbons (Fsp3) is 0.118. The Morgan fingerprint density at radius 3 is 2.50 bits per heavy atom. The van der Waals surface area contributed by atoms with Crippen LogP contribution in [-0.4, -0.2) is 4.98 Å². The highest BCUT2D eigenvalue weighted by molar-refractivity contribution is 5.95. The van der Waals surface area contributed by atoms with E-state index in [1.807, 2.05) is 19.1 Å². The fourth-order valence-electron chi connectivity index (χ4n) is 2.38. The van der Waals surface area contributed by atoms with E-state index in [0.29, 0.717) is 12.4 Å². The number of nitrogens with two attached hydrogens (primary N) is 2. The normalized spacial score (nSPS) is 10.9. The maximum atomic E-state index is 5.89. The Hall–Kier alpha value is -2.39. The van der Waals surface area contributed by atoms with Gasteiger partial charge in [-0.05, 0) is 41.3 Å². The number of aromatic nitrogens is 1. The molecule has 0 aliphatic carbocycles. The lowest BCUT2D eigenvalue weighted by Crippen LogP contribution is -1.96. The van der Waals surface area contributed by atoms with E-state index in [1.54, 1.807) is 0 Å². The minimum Gasteiger partial charge on any atom is -0.383 e. The summed E-state index contributed by atoms with van der Waals surface area (Å²) in [4.78, 5) is 4.45. The zero-order valence-electron chi connectivity index (χ0n) is 11.4. The summed E-state index contributed by atoms with van der Waals surface area (Å²) in [6, 6.07) is 16.5. The maximum absolute atomic E-state index is 5.89. The molecular weight excluding hydrogens is 246 g/mol. The second-order valence-corrected chi connectivity index (χ2v) is 4.96. The van der Waals surface area contributed by atoms with Crippen molar-refractivity contribution in [1.82, 2.24) is 4.98 Å². The van der Waals surface area contributed by atoms with Gasteiger partial charge in [-0.15, -0.1) is 0 Å². The summed E-state index contributed by atoms with van der Waals surface area (Å²) in [6.45, 7) is 2.54. The van der Waals surface area contributed by atoms with Crippen LogP contribution in [0.1, 0.15) is 11.1 Å². The van der Waals surface area contributed by atoms with Crippen LogP contribution in [0.4, 0.5) is 5.82 Å². The van der Waals surface area contributed by atoms with Crippen LogP contribution in [0.25, 0.3) is 22.0 Å². The van der Waals surface area contributed by atoms with Crippen molar-refractivity contribution in [2.75, 3.05) is 5.73 Å². The third-order valence-electron chi connectivity index (χ3n) is 3.59. The summed E-state index contributed by atoms with van der Waals surface area (Å²) >= 11 is 0. The van der Waals surface area contributed by atoms with E-state index in [-0.39, 0.29) is 0 Å². The molecule has 0 radical (unpaired) electrons. The van der Waals surface area contributed by atoms with Crippen LogP contribution in [0.5, 0.6) is 0 Å². The number of aryl methyl sites for hydroxylation is 1. The summed E-state index contributed by atoms with van der Waals surface area (Å²) in [5, 5.41) is 1.12. The Balaban J connectivity index is 2.22. The number of hydrogen-bond donors (Lipinski definition) is 2. The second kappa shape index (κ2) is 4.94. The van der Waals surface area contributed by atoms with Gasteiger partial charge in [0.2, 0.25) is 0 Å². The van der Waals surface area contributed by atoms with Crippen LogP contribution < -0.4 is 11.5 Å². The van der Waals surface area contributed by atoms with E-state index >= 15 is 0 Å². The Labute approximate surface area is 118 Å². The van der Waals surface area contributed by atoms with Crippen molar-refractivity contribution < 1.29 is 0 Å². The van der Waals surface area contributed by atoms with Gasteiger partial charge in [0.25, 0.3) is 0 Å². The molecule has 0 atom stereocenters. The number of nitrogens with zero attached hydrogens (tertiary/aromatic N) is 1. The topological polar surface area (TPSA) is 64.9 Å². The largest absolute Gasteiger partial charge is 0.383 e. The standard InChI is InChI=1S/C17H17N3/c1-11-9-15-14(3-2-4-16(15)20-17(11)19)13-7-5-12(10-18)6-8-13/h2-9H,10,18H2,1H3,(H2,19,20). The maximum Gasteiger partial charge on any atom is 0.127 e. The van der Waals surface area contributed by atoms with Crippen LogP contribution in [0.2, 0.25) is 0 Å². The fourth-order valence-corrected chi connectivity index (χ4v) is 2.38. The number of benzene rings is 2. The molecule has 3 heteroatoms. The lowest BCUT2D eigenvalue weighted by molar-refractivity contribution is 1.07. The number of hydrogen-bond acceptors (Lipinski definition) is 3. The number of fused-ring (bicyclic) bond motifs is 1. The lowest BCUT2D eigenvalue weighted by atomic mass is 9.98. The molecule has 0 aliphatic heterocycles. The first-order valence-corrected chi connectivity index (χ1v) is 6.64. The summed E-state index contributed by atoms with van der Waals surface area (Å²) in [5.74, 6) is 0.591. The van der Waals surface area contributed by atoms with Gasteiger partial charge in [-0.2, -0.15) is 0 Å². The highest BCUT2D eigenvalue weighted by Gasteiger charge is 2.06. The van der Waals surface area contributed by atoms with Crippen molar-refractivity contribution in [3.63, 3.8) is 0 Å². The van der Waals surface area contributed by atoms with E-state index in [4.69, 9.17) is 11.5 Å². The van der Waals surface area contributed by atoms with Gasteiger partial charge in [0.15, 0.2) is 0 Å². The van der Waals surface area contributed by atoms with Gasteiger partial charge < -0.3 is 11.5 Å². The van der Waals surface area contributed by atoms with E-state index in [0.717, 1.165) is 22.0 Å². The predicted octanol–water partition coefficient (Wildman–Crippen LogP) is 3.25. The molecule has 3 nitrogen and oxygen atoms in total. The molecule has 3 rings (SSSR count). The van der Waals surface area contributed by atoms with E-state index in [1.165, 1.54) is 11.1 Å². The highest BCUT2D eigenvalue weighted by Crippen LogP contribution is 2.29. The zero-order valence-corrected chi connectivity index (χ0v) is 11.4. The first kappa shape index (κ1) is 12.6. The highest BCUT2D eigenvalue weighted by atomic mass is 14.8. The van der Waals surface area contributed by atoms with Gasteiger partial charge in [-0.25, -0.2) is 4.98 Å². The SMILES string of the molecule is Cc1cc2c(-c3ccc(CN)cc3)cccc2nc1N. The third kappa shape index (κ3) is 2.12. The third-order valence-corrected chi connectivity index (χ3v) is 3.59. The molecule has 0 fully saturated rings. The van der Waals surface area contributed by atoms with Crippen LogP contribution in [0.15, 0.2) is 48.5 Å². The van der Waals surface area contributed by atoms with Crippen molar-refractivity contribution in [1.29, 1.82) is 0 Å². The van der Waals surface area contributed by atoms with Gasteiger partial charge >= 0.3 is 0 Å². The first-order valence-electron chi connectivity index (χ1n) is 6.64. The minimum absolute atomic E-state index is 0.563. The molecule has 3 aromatic rings. The molecular formula is C17H17N3. The molecule has 0 unspecified atom stereocenters. The Kier molecular flexibility index (Phi) is 3.12. The Bertz CT molecular complexity index is 761. The first-order chi connectivity index (χ1) is 9.69. The van der Waals surface area contributed by atoms with Crippen molar-refractivity contribution in [2.24, 2.45) is 5.73 Å². The molecule has 0 amide bonds. The molecule has 0 saturated carbocycles. The molecule has 20 heavy (non-hydrogen) atoms. The van der Waals surface area contributed by atoms with Crippen molar-refractivity contribution in [3.8, 4) is 11.1 Å². The average molecular weight is 263 g/mol. The zero-order chi connectivity index (χ0) is 14.1. The molecule has 1 aromatic heterocycles. The Morgan fingerprint density at radius 2 is 1.80 bits per heavy atom. The van der Waals surface area contributed by atoms with E-state index < -0.39 is 0 Å². The predicted molar refractivity (Wildman–Crippen MR) is 84.2 cm³/mol. The van der Waals surface area contributed by atoms with Crippen LogP contribution in [-0.2, 0) is 6.54 Å². The van der Waals surface area contributed by atoms with Crippen LogP contribution in [0.3, 0.4) is 0 Å². The van der Waals surface area contributed by atoms with Gasteiger partial charge in [-0.1, -0.05) is 36.4 Å². The summed E-state index contributed by atoms with van der Waals surface area (Å²) in [6.07, 6.45) is 0. The summed E-state index contributed by atoms with van der Waals surface area (Å²) in [5.41, 5.74) is 16.9. The van der Waals surface area contributed by atoms with Crippen molar-refractivity contribution in [2.45, 2.75) is 13.5 Å². The summed E-state index contributed by atoms with van der Waals surface area (Å²) < 4.78 is 0. The average Bonchev–Trinajstić information content (AvgIpc) is 2.48. The number of pyridine rings is 1. The van der Waals surface area contributed by atoms with Crippen LogP contribution >= 0.6 is 0 Å². The van der Waals surface area contributed by atoms with Gasteiger partial charge in [0.05, 0.1) is 5.52 Å². The monoisotopic (exact) mass is 263 g/mol. The minimum atomic E-state index is 0.563. The van der Waals surface area contributed by atoms with Gasteiger partial charge in [0, 0.05) is 11.9 Å². The van der Waals surface area contributed by atoms with E-state index in [9.17, 15) is 0 Å². The molecule has 0 aliphatic rings. The second-order valence-electron chi connectivity index (χ2n) is 4.96. The van der Waals surface area contributed by atoms with E-state index in [2.05, 4.69) is 41.4 Å². The Morgan fingerprint density at radius 1 is 1.05 bits per heavy atom. The molecule has 0 spiro atoms. The smallest absolute Gasteiger partial charge is 0.127 e. The summed E-state index contributed by atoms with van der Waals surface area (Å²) in [7, 11) is 0. The van der Waals surface area contributed by atoms with Gasteiger partial charge in [0.1, 0.15) is 5.82 Å². The van der Waals surface area contributed by atoms with Crippen molar-refractivity contribution >= 4 is 16.7 Å². The number of nitrogen functional groups attached to an aromatic ring is 1. The lowest BCUT2D eigenvalue weighted by Gasteiger charge is -2.09. The quantitative estimate of drug-likeness (QED) is 0.746. The number of anilines is 1. The van der Waals surface area contributed by atoms with Crippen molar-refractivity contribution in [3.05, 3.63) is 59.7 Å². The molecule has 4 N–H and O–H groups in total. The molecule has 2 aromatic carbocycles. The van der Waals surface area contributed by atoms with Crippen LogP contribution in [0, 0.1) is 6.92 Å².